The lowest BCUT2D eigenvalue weighted by Gasteiger charge is -2.39. The number of benzene rings is 1. The summed E-state index contributed by atoms with van der Waals surface area (Å²) < 4.78 is 0. The zero-order valence-electron chi connectivity index (χ0n) is 15.1. The third-order valence-electron chi connectivity index (χ3n) is 4.94. The molecule has 1 aromatic heterocycles. The first-order valence-electron chi connectivity index (χ1n) is 8.99. The highest BCUT2D eigenvalue weighted by atomic mass is 15.3. The highest BCUT2D eigenvalue weighted by molar-refractivity contribution is 5.46. The van der Waals surface area contributed by atoms with Gasteiger partial charge in [0.05, 0.1) is 0 Å². The molecule has 1 fully saturated rings. The van der Waals surface area contributed by atoms with Crippen LogP contribution in [0.5, 0.6) is 0 Å². The van der Waals surface area contributed by atoms with Gasteiger partial charge < -0.3 is 4.90 Å². The van der Waals surface area contributed by atoms with E-state index in [4.69, 9.17) is 4.98 Å². The van der Waals surface area contributed by atoms with Crippen LogP contribution in [0.2, 0.25) is 0 Å². The Morgan fingerprint density at radius 2 is 2.04 bits per heavy atom. The minimum atomic E-state index is 0.568. The fraction of sp³-hybridized carbons (Fsp3) is 0.500. The molecule has 4 nitrogen and oxygen atoms in total. The van der Waals surface area contributed by atoms with Crippen LogP contribution in [-0.4, -0.2) is 41.0 Å². The molecule has 0 aliphatic carbocycles. The maximum Gasteiger partial charge on any atom is 0.135 e. The molecular formula is C20H28N4. The third-order valence-corrected chi connectivity index (χ3v) is 4.94. The largest absolute Gasteiger partial charge is 0.355 e. The van der Waals surface area contributed by atoms with E-state index in [2.05, 4.69) is 59.1 Å². The number of likely N-dealkylation sites (N-methyl/N-ethyl adjacent to an activating group) is 1. The summed E-state index contributed by atoms with van der Waals surface area (Å²) in [5.74, 6) is 2.00. The van der Waals surface area contributed by atoms with Crippen LogP contribution in [0.4, 0.5) is 5.82 Å². The Labute approximate surface area is 145 Å². The van der Waals surface area contributed by atoms with Crippen LogP contribution in [0.1, 0.15) is 36.7 Å². The predicted octanol–water partition coefficient (Wildman–Crippen LogP) is 3.45. The maximum absolute atomic E-state index is 4.74. The second-order valence-corrected chi connectivity index (χ2v) is 6.76. The van der Waals surface area contributed by atoms with E-state index in [0.717, 1.165) is 37.7 Å². The van der Waals surface area contributed by atoms with Crippen molar-refractivity contribution in [1.29, 1.82) is 0 Å². The Bertz CT molecular complexity index is 656. The van der Waals surface area contributed by atoms with Crippen molar-refractivity contribution >= 4 is 5.82 Å². The molecule has 0 radical (unpaired) electrons. The first-order chi connectivity index (χ1) is 11.7. The van der Waals surface area contributed by atoms with E-state index in [1.54, 1.807) is 0 Å². The molecule has 2 heterocycles. The summed E-state index contributed by atoms with van der Waals surface area (Å²) in [6.45, 7) is 7.31. The number of aromatic nitrogens is 2. The van der Waals surface area contributed by atoms with Crippen LogP contribution in [0, 0.1) is 6.92 Å². The van der Waals surface area contributed by atoms with Gasteiger partial charge in [0.25, 0.3) is 0 Å². The topological polar surface area (TPSA) is 32.3 Å². The number of aryl methyl sites for hydroxylation is 2. The fourth-order valence-corrected chi connectivity index (χ4v) is 3.51. The molecule has 1 atom stereocenters. The molecule has 0 bridgehead atoms. The van der Waals surface area contributed by atoms with Crippen molar-refractivity contribution < 1.29 is 0 Å². The van der Waals surface area contributed by atoms with E-state index >= 15 is 0 Å². The Kier molecular flexibility index (Phi) is 5.46. The van der Waals surface area contributed by atoms with Crippen molar-refractivity contribution in [2.75, 3.05) is 25.0 Å². The second-order valence-electron chi connectivity index (χ2n) is 6.76. The standard InChI is InChI=1S/C20H28N4/c1-4-18-13-21-16(2)22-20(18)24-12-8-11-19(15-24)23(3)14-17-9-6-5-7-10-17/h5-7,9-10,13,19H,4,8,11-12,14-15H2,1-3H3/t19-/m1/s1. The summed E-state index contributed by atoms with van der Waals surface area (Å²) in [6, 6.07) is 11.3. The van der Waals surface area contributed by atoms with Gasteiger partial charge in [-0.05, 0) is 38.8 Å². The van der Waals surface area contributed by atoms with Crippen molar-refractivity contribution in [3.05, 3.63) is 53.5 Å². The Morgan fingerprint density at radius 3 is 2.79 bits per heavy atom. The van der Waals surface area contributed by atoms with Gasteiger partial charge in [0.15, 0.2) is 0 Å². The van der Waals surface area contributed by atoms with Crippen molar-refractivity contribution in [2.45, 2.75) is 45.7 Å². The molecule has 0 spiro atoms. The minimum Gasteiger partial charge on any atom is -0.355 e. The third kappa shape index (κ3) is 3.93. The van der Waals surface area contributed by atoms with E-state index in [9.17, 15) is 0 Å². The first kappa shape index (κ1) is 16.9. The molecule has 1 aliphatic rings. The Balaban J connectivity index is 1.71. The van der Waals surface area contributed by atoms with Crippen LogP contribution in [-0.2, 0) is 13.0 Å². The lowest BCUT2D eigenvalue weighted by atomic mass is 10.0. The summed E-state index contributed by atoms with van der Waals surface area (Å²) in [6.07, 6.45) is 5.45. The van der Waals surface area contributed by atoms with Crippen molar-refractivity contribution in [1.82, 2.24) is 14.9 Å². The second kappa shape index (κ2) is 7.75. The average molecular weight is 324 g/mol. The lowest BCUT2D eigenvalue weighted by molar-refractivity contribution is 0.207. The minimum absolute atomic E-state index is 0.568. The van der Waals surface area contributed by atoms with Crippen LogP contribution < -0.4 is 4.90 Å². The van der Waals surface area contributed by atoms with Gasteiger partial charge in [-0.1, -0.05) is 37.3 Å². The van der Waals surface area contributed by atoms with E-state index in [-0.39, 0.29) is 0 Å². The van der Waals surface area contributed by atoms with E-state index in [1.807, 2.05) is 13.1 Å². The molecule has 24 heavy (non-hydrogen) atoms. The number of rotatable bonds is 5. The summed E-state index contributed by atoms with van der Waals surface area (Å²) in [4.78, 5) is 14.1. The van der Waals surface area contributed by atoms with Crippen LogP contribution >= 0.6 is 0 Å². The number of anilines is 1. The zero-order chi connectivity index (χ0) is 16.9. The smallest absolute Gasteiger partial charge is 0.135 e. The summed E-state index contributed by atoms with van der Waals surface area (Å²) >= 11 is 0. The van der Waals surface area contributed by atoms with Crippen LogP contribution in [0.15, 0.2) is 36.5 Å². The van der Waals surface area contributed by atoms with Gasteiger partial charge in [0.2, 0.25) is 0 Å². The molecule has 0 N–H and O–H groups in total. The van der Waals surface area contributed by atoms with Gasteiger partial charge in [-0.15, -0.1) is 0 Å². The SMILES string of the molecule is CCc1cnc(C)nc1N1CCC[C@@H](N(C)Cc2ccccc2)C1. The number of piperidine rings is 1. The van der Waals surface area contributed by atoms with Gasteiger partial charge in [0, 0.05) is 37.4 Å². The van der Waals surface area contributed by atoms with E-state index in [1.165, 1.54) is 24.0 Å². The number of hydrogen-bond acceptors (Lipinski definition) is 4. The molecule has 0 amide bonds. The number of nitrogens with zero attached hydrogens (tertiary/aromatic N) is 4. The van der Waals surface area contributed by atoms with Crippen LogP contribution in [0.3, 0.4) is 0 Å². The van der Waals surface area contributed by atoms with Gasteiger partial charge in [-0.25, -0.2) is 9.97 Å². The van der Waals surface area contributed by atoms with Gasteiger partial charge in [0.1, 0.15) is 11.6 Å². The van der Waals surface area contributed by atoms with Gasteiger partial charge in [-0.3, -0.25) is 4.90 Å². The lowest BCUT2D eigenvalue weighted by Crippen LogP contribution is -2.46. The normalized spacial score (nSPS) is 18.2. The fourth-order valence-electron chi connectivity index (χ4n) is 3.51. The number of hydrogen-bond donors (Lipinski definition) is 0. The molecule has 0 unspecified atom stereocenters. The van der Waals surface area contributed by atoms with E-state index < -0.39 is 0 Å². The summed E-state index contributed by atoms with van der Waals surface area (Å²) in [5.41, 5.74) is 2.64. The van der Waals surface area contributed by atoms with Crippen molar-refractivity contribution in [3.63, 3.8) is 0 Å². The average Bonchev–Trinajstić information content (AvgIpc) is 2.62. The first-order valence-corrected chi connectivity index (χ1v) is 8.99. The maximum atomic E-state index is 4.74. The summed E-state index contributed by atoms with van der Waals surface area (Å²) in [7, 11) is 2.24. The molecule has 1 saturated heterocycles. The molecular weight excluding hydrogens is 296 g/mol. The summed E-state index contributed by atoms with van der Waals surface area (Å²) in [5, 5.41) is 0. The van der Waals surface area contributed by atoms with Gasteiger partial charge in [-0.2, -0.15) is 0 Å². The molecule has 128 valence electrons. The predicted molar refractivity (Wildman–Crippen MR) is 99.3 cm³/mol. The zero-order valence-corrected chi connectivity index (χ0v) is 15.1. The molecule has 4 heteroatoms. The van der Waals surface area contributed by atoms with Gasteiger partial charge >= 0.3 is 0 Å². The Morgan fingerprint density at radius 1 is 1.25 bits per heavy atom. The molecule has 2 aromatic rings. The highest BCUT2D eigenvalue weighted by Crippen LogP contribution is 2.24. The van der Waals surface area contributed by atoms with Crippen molar-refractivity contribution in [3.8, 4) is 0 Å². The van der Waals surface area contributed by atoms with Crippen molar-refractivity contribution in [2.24, 2.45) is 0 Å². The highest BCUT2D eigenvalue weighted by Gasteiger charge is 2.25. The van der Waals surface area contributed by atoms with E-state index in [0.29, 0.717) is 6.04 Å². The monoisotopic (exact) mass is 324 g/mol. The molecule has 0 saturated carbocycles. The molecule has 1 aromatic carbocycles. The molecule has 3 rings (SSSR count). The Hall–Kier alpha value is -1.94. The molecule has 1 aliphatic heterocycles. The van der Waals surface area contributed by atoms with Crippen LogP contribution in [0.25, 0.3) is 0 Å². The quantitative estimate of drug-likeness (QED) is 0.843.